The Morgan fingerprint density at radius 1 is 1.15 bits per heavy atom. The van der Waals surface area contributed by atoms with Gasteiger partial charge in [-0.2, -0.15) is 0 Å². The predicted octanol–water partition coefficient (Wildman–Crippen LogP) is 3.84. The molecule has 3 atom stereocenters. The highest BCUT2D eigenvalue weighted by molar-refractivity contribution is 6.04. The van der Waals surface area contributed by atoms with Crippen molar-refractivity contribution in [2.75, 3.05) is 48.9 Å². The maximum Gasteiger partial charge on any atom is 0.309 e. The van der Waals surface area contributed by atoms with Crippen LogP contribution in [0, 0.1) is 11.8 Å². The number of oxazole rings is 1. The third-order valence-corrected chi connectivity index (χ3v) is 7.18. The Hall–Kier alpha value is -4.25. The standard InChI is InChI=1S/C28H30N6O5/c1-4-37-28(36)19-10-18(19)26(35)33-24-11-17-20(12-30-24)25(29-3)31-13-21(17)27-32-22-9-16(5-6-23(22)39-27)34-7-8-38-15(2)14-34/h5-6,9,11-13,15,18-19H,4,7-8,10,14H2,1-3H3,(H,29,31)(H,30,33,35). The first-order valence-electron chi connectivity index (χ1n) is 13.2. The molecule has 0 spiro atoms. The quantitative estimate of drug-likeness (QED) is 0.340. The molecule has 1 aliphatic carbocycles. The fraction of sp³-hybridized carbons (Fsp3) is 0.393. The second kappa shape index (κ2) is 10.1. The van der Waals surface area contributed by atoms with Gasteiger partial charge in [0.15, 0.2) is 5.58 Å². The Balaban J connectivity index is 1.31. The van der Waals surface area contributed by atoms with Crippen molar-refractivity contribution in [1.29, 1.82) is 0 Å². The average Bonchev–Trinajstić information content (AvgIpc) is 3.64. The van der Waals surface area contributed by atoms with Gasteiger partial charge in [0.2, 0.25) is 11.8 Å². The van der Waals surface area contributed by atoms with Crippen molar-refractivity contribution in [3.63, 3.8) is 0 Å². The summed E-state index contributed by atoms with van der Waals surface area (Å²) in [4.78, 5) is 40.8. The molecule has 0 bridgehead atoms. The van der Waals surface area contributed by atoms with Gasteiger partial charge in [0.25, 0.3) is 0 Å². The van der Waals surface area contributed by atoms with Crippen molar-refractivity contribution in [3.05, 3.63) is 36.7 Å². The van der Waals surface area contributed by atoms with E-state index in [0.717, 1.165) is 35.1 Å². The van der Waals surface area contributed by atoms with Crippen molar-refractivity contribution in [2.24, 2.45) is 11.8 Å². The van der Waals surface area contributed by atoms with Crippen LogP contribution in [0.2, 0.25) is 0 Å². The third kappa shape index (κ3) is 4.85. The number of hydrogen-bond acceptors (Lipinski definition) is 10. The van der Waals surface area contributed by atoms with Crippen LogP contribution in [0.3, 0.4) is 0 Å². The molecule has 2 fully saturated rings. The highest BCUT2D eigenvalue weighted by Crippen LogP contribution is 2.41. The highest BCUT2D eigenvalue weighted by Gasteiger charge is 2.49. The molecule has 0 radical (unpaired) electrons. The van der Waals surface area contributed by atoms with Crippen LogP contribution in [0.15, 0.2) is 41.1 Å². The first kappa shape index (κ1) is 25.1. The summed E-state index contributed by atoms with van der Waals surface area (Å²) in [5.41, 5.74) is 3.16. The first-order chi connectivity index (χ1) is 18.9. The molecule has 2 N–H and O–H groups in total. The van der Waals surface area contributed by atoms with Gasteiger partial charge in [-0.25, -0.2) is 15.0 Å². The van der Waals surface area contributed by atoms with Gasteiger partial charge in [0.05, 0.1) is 36.7 Å². The molecule has 3 unspecified atom stereocenters. The first-order valence-corrected chi connectivity index (χ1v) is 13.2. The molecule has 1 saturated carbocycles. The van der Waals surface area contributed by atoms with E-state index in [1.807, 2.05) is 18.2 Å². The summed E-state index contributed by atoms with van der Waals surface area (Å²) < 4.78 is 16.9. The van der Waals surface area contributed by atoms with Gasteiger partial charge in [-0.05, 0) is 44.5 Å². The van der Waals surface area contributed by atoms with Gasteiger partial charge < -0.3 is 29.4 Å². The number of amides is 1. The molecule has 1 amide bonds. The van der Waals surface area contributed by atoms with Crippen LogP contribution in [0.5, 0.6) is 0 Å². The van der Waals surface area contributed by atoms with Crippen molar-refractivity contribution in [1.82, 2.24) is 15.0 Å². The summed E-state index contributed by atoms with van der Waals surface area (Å²) in [6, 6.07) is 7.78. The number of morpholine rings is 1. The normalized spacial score (nSPS) is 20.7. The molecule has 1 saturated heterocycles. The van der Waals surface area contributed by atoms with Gasteiger partial charge in [0, 0.05) is 49.0 Å². The van der Waals surface area contributed by atoms with Gasteiger partial charge in [0.1, 0.15) is 17.2 Å². The Labute approximate surface area is 224 Å². The molecule has 11 nitrogen and oxygen atoms in total. The van der Waals surface area contributed by atoms with Crippen molar-refractivity contribution in [3.8, 4) is 11.5 Å². The number of hydrogen-bond donors (Lipinski definition) is 2. The van der Waals surface area contributed by atoms with E-state index in [1.165, 1.54) is 0 Å². The van der Waals surface area contributed by atoms with E-state index < -0.39 is 11.8 Å². The molecular weight excluding hydrogens is 500 g/mol. The molecule has 4 heterocycles. The second-order valence-electron chi connectivity index (χ2n) is 9.87. The van der Waals surface area contributed by atoms with E-state index in [4.69, 9.17) is 18.9 Å². The fourth-order valence-electron chi connectivity index (χ4n) is 5.07. The van der Waals surface area contributed by atoms with E-state index in [1.54, 1.807) is 32.4 Å². The molecule has 4 aromatic rings. The van der Waals surface area contributed by atoms with E-state index in [9.17, 15) is 9.59 Å². The minimum atomic E-state index is -0.410. The second-order valence-corrected chi connectivity index (χ2v) is 9.87. The number of nitrogens with zero attached hydrogens (tertiary/aromatic N) is 4. The van der Waals surface area contributed by atoms with Gasteiger partial charge in [-0.15, -0.1) is 0 Å². The number of aromatic nitrogens is 3. The number of pyridine rings is 2. The van der Waals surface area contributed by atoms with Crippen molar-refractivity contribution >= 4 is 51.1 Å². The van der Waals surface area contributed by atoms with E-state index in [0.29, 0.717) is 48.3 Å². The Morgan fingerprint density at radius 3 is 2.82 bits per heavy atom. The molecule has 11 heteroatoms. The van der Waals surface area contributed by atoms with Crippen LogP contribution in [-0.4, -0.2) is 66.3 Å². The zero-order valence-electron chi connectivity index (χ0n) is 22.1. The maximum atomic E-state index is 12.8. The summed E-state index contributed by atoms with van der Waals surface area (Å²) in [5, 5.41) is 7.46. The van der Waals surface area contributed by atoms with Crippen molar-refractivity contribution < 1.29 is 23.5 Å². The molecule has 1 aromatic carbocycles. The summed E-state index contributed by atoms with van der Waals surface area (Å²) in [7, 11) is 1.78. The Kier molecular flexibility index (Phi) is 6.51. The summed E-state index contributed by atoms with van der Waals surface area (Å²) >= 11 is 0. The van der Waals surface area contributed by atoms with Crippen LogP contribution in [0.4, 0.5) is 17.3 Å². The number of fused-ring (bicyclic) bond motifs is 2. The van der Waals surface area contributed by atoms with E-state index >= 15 is 0 Å². The van der Waals surface area contributed by atoms with Crippen LogP contribution in [-0.2, 0) is 19.1 Å². The lowest BCUT2D eigenvalue weighted by Gasteiger charge is -2.32. The number of carbonyl (C=O) groups is 2. The Morgan fingerprint density at radius 2 is 2.03 bits per heavy atom. The maximum absolute atomic E-state index is 12.8. The zero-order valence-corrected chi connectivity index (χ0v) is 22.1. The fourth-order valence-corrected chi connectivity index (χ4v) is 5.07. The summed E-state index contributed by atoms with van der Waals surface area (Å²) in [6.45, 7) is 6.45. The van der Waals surface area contributed by atoms with E-state index in [2.05, 4.69) is 32.4 Å². The topological polar surface area (TPSA) is 132 Å². The molecule has 2 aliphatic rings. The molecule has 1 aliphatic heterocycles. The highest BCUT2D eigenvalue weighted by atomic mass is 16.5. The smallest absolute Gasteiger partial charge is 0.309 e. The van der Waals surface area contributed by atoms with Gasteiger partial charge in [-0.1, -0.05) is 0 Å². The summed E-state index contributed by atoms with van der Waals surface area (Å²) in [5.74, 6) is 0.0403. The summed E-state index contributed by atoms with van der Waals surface area (Å²) in [6.07, 6.45) is 4.01. The number of carbonyl (C=O) groups excluding carboxylic acids is 2. The molecule has 3 aromatic heterocycles. The lowest BCUT2D eigenvalue weighted by molar-refractivity contribution is -0.145. The largest absolute Gasteiger partial charge is 0.466 e. The number of esters is 1. The van der Waals surface area contributed by atoms with Crippen molar-refractivity contribution in [2.45, 2.75) is 26.4 Å². The molecule has 39 heavy (non-hydrogen) atoms. The minimum Gasteiger partial charge on any atom is -0.466 e. The lowest BCUT2D eigenvalue weighted by atomic mass is 10.1. The number of nitrogens with one attached hydrogen (secondary N) is 2. The zero-order chi connectivity index (χ0) is 27.1. The lowest BCUT2D eigenvalue weighted by Crippen LogP contribution is -2.41. The molecular formula is C28H30N6O5. The minimum absolute atomic E-state index is 0.171. The van der Waals surface area contributed by atoms with Gasteiger partial charge >= 0.3 is 5.97 Å². The Bertz CT molecular complexity index is 1570. The monoisotopic (exact) mass is 530 g/mol. The number of anilines is 3. The third-order valence-electron chi connectivity index (χ3n) is 7.18. The predicted molar refractivity (Wildman–Crippen MR) is 147 cm³/mol. The van der Waals surface area contributed by atoms with E-state index in [-0.39, 0.29) is 18.0 Å². The SMILES string of the molecule is CCOC(=O)C1CC1C(=O)Nc1cc2c(-c3nc4cc(N5CCOC(C)C5)ccc4o3)cnc(NC)c2cn1. The van der Waals surface area contributed by atoms with Crippen LogP contribution >= 0.6 is 0 Å². The number of ether oxygens (including phenoxy) is 2. The van der Waals surface area contributed by atoms with Crippen LogP contribution in [0.1, 0.15) is 20.3 Å². The number of benzene rings is 1. The van der Waals surface area contributed by atoms with Crippen LogP contribution in [0.25, 0.3) is 33.3 Å². The molecule has 6 rings (SSSR count). The average molecular weight is 531 g/mol. The number of rotatable bonds is 7. The molecule has 202 valence electrons. The van der Waals surface area contributed by atoms with Gasteiger partial charge in [-0.3, -0.25) is 9.59 Å². The van der Waals surface area contributed by atoms with Crippen LogP contribution < -0.4 is 15.5 Å².